The first kappa shape index (κ1) is 7.08. The van der Waals surface area contributed by atoms with E-state index in [-0.39, 0.29) is 0 Å². The summed E-state index contributed by atoms with van der Waals surface area (Å²) in [6.45, 7) is 0.461. The summed E-state index contributed by atoms with van der Waals surface area (Å²) in [5, 5.41) is 1.28. The smallest absolute Gasteiger partial charge is 0.262 e. The number of hydrogen-bond donors (Lipinski definition) is 1. The van der Waals surface area contributed by atoms with Crippen molar-refractivity contribution in [1.29, 1.82) is 0 Å². The second-order valence-electron chi connectivity index (χ2n) is 1.63. The Hall–Kier alpha value is -0.0300. The van der Waals surface area contributed by atoms with Crippen molar-refractivity contribution in [3.05, 3.63) is 0 Å². The van der Waals surface area contributed by atoms with Crippen molar-refractivity contribution in [1.82, 2.24) is 4.72 Å². The predicted molar refractivity (Wildman–Crippen MR) is 32.3 cm³/mol. The third kappa shape index (κ3) is 1.69. The van der Waals surface area contributed by atoms with E-state index < -0.39 is 16.2 Å². The van der Waals surface area contributed by atoms with Gasteiger partial charge in [0.1, 0.15) is 0 Å². The van der Waals surface area contributed by atoms with Gasteiger partial charge in [-0.05, 0) is 22.5 Å². The van der Waals surface area contributed by atoms with E-state index in [4.69, 9.17) is 0 Å². The van der Waals surface area contributed by atoms with Crippen molar-refractivity contribution in [2.75, 3.05) is 6.54 Å². The highest BCUT2D eigenvalue weighted by molar-refractivity contribution is 8.14. The van der Waals surface area contributed by atoms with E-state index in [9.17, 15) is 13.2 Å². The largest absolute Gasteiger partial charge is 0.449 e. The lowest BCUT2D eigenvalue weighted by molar-refractivity contribution is -0.0340. The summed E-state index contributed by atoms with van der Waals surface area (Å²) < 4.78 is 37.4. The van der Waals surface area contributed by atoms with Crippen molar-refractivity contribution in [3.63, 3.8) is 0 Å². The van der Waals surface area contributed by atoms with Gasteiger partial charge in [0.15, 0.2) is 0 Å². The first-order valence-electron chi connectivity index (χ1n) is 2.47. The van der Waals surface area contributed by atoms with Crippen LogP contribution in [0.5, 0.6) is 0 Å². The second-order valence-corrected chi connectivity index (χ2v) is 3.39. The molecule has 1 aliphatic heterocycles. The van der Waals surface area contributed by atoms with Crippen LogP contribution in [0, 0.1) is 0 Å². The van der Waals surface area contributed by atoms with Crippen LogP contribution in [0.15, 0.2) is 0 Å². The summed E-state index contributed by atoms with van der Waals surface area (Å²) in [6, 6.07) is 0. The highest BCUT2D eigenvalue weighted by atomic mass is 32.2. The molecule has 0 aliphatic carbocycles. The molecule has 0 saturated heterocycles. The van der Waals surface area contributed by atoms with E-state index in [0.717, 1.165) is 0 Å². The summed E-state index contributed by atoms with van der Waals surface area (Å²) in [5.74, 6) is 0. The molecule has 54 valence electrons. The van der Waals surface area contributed by atoms with Gasteiger partial charge < -0.3 is 0 Å². The molecule has 1 aliphatic rings. The zero-order valence-electron chi connectivity index (χ0n) is 4.53. The van der Waals surface area contributed by atoms with Crippen LogP contribution in [-0.2, 0) is 0 Å². The molecule has 1 N–H and O–H groups in total. The van der Waals surface area contributed by atoms with Gasteiger partial charge in [0.25, 0.3) is 0 Å². The first-order chi connectivity index (χ1) is 4.11. The van der Waals surface area contributed by atoms with Gasteiger partial charge in [0.2, 0.25) is 0 Å². The quantitative estimate of drug-likeness (QED) is 0.525. The van der Waals surface area contributed by atoms with E-state index in [1.165, 1.54) is 5.37 Å². The van der Waals surface area contributed by atoms with Crippen molar-refractivity contribution in [2.24, 2.45) is 0 Å². The number of nitrogens with one attached hydrogen (secondary N) is 1. The van der Waals surface area contributed by atoms with Gasteiger partial charge in [-0.2, -0.15) is 13.2 Å². The summed E-state index contributed by atoms with van der Waals surface area (Å²) in [6.07, 6.45) is 0.530. The topological polar surface area (TPSA) is 12.0 Å². The average Bonchev–Trinajstić information content (AvgIpc) is 2.08. The average molecular weight is 157 g/mol. The molecule has 0 radical (unpaired) electrons. The zero-order valence-corrected chi connectivity index (χ0v) is 5.35. The minimum absolute atomic E-state index is 0.461. The van der Waals surface area contributed by atoms with E-state index in [2.05, 4.69) is 4.72 Å². The molecule has 1 nitrogen and oxygen atoms in total. The van der Waals surface area contributed by atoms with Crippen LogP contribution < -0.4 is 4.72 Å². The van der Waals surface area contributed by atoms with Crippen LogP contribution in [0.2, 0.25) is 0 Å². The Bertz CT molecular complexity index is 139. The van der Waals surface area contributed by atoms with Gasteiger partial charge in [-0.3, -0.25) is 4.72 Å². The predicted octanol–water partition coefficient (Wildman–Crippen LogP) is 1.49. The third-order valence-electron chi connectivity index (χ3n) is 0.936. The van der Waals surface area contributed by atoms with E-state index in [0.29, 0.717) is 13.0 Å². The molecule has 0 spiro atoms. The highest BCUT2D eigenvalue weighted by Crippen LogP contribution is 2.35. The minimum Gasteiger partial charge on any atom is -0.262 e. The number of hydrogen-bond acceptors (Lipinski definition) is 1. The maximum atomic E-state index is 11.7. The van der Waals surface area contributed by atoms with Crippen molar-refractivity contribution in [3.8, 4) is 0 Å². The fourth-order valence-electron chi connectivity index (χ4n) is 0.581. The number of halogens is 3. The molecule has 1 unspecified atom stereocenters. The Kier molecular flexibility index (Phi) is 1.81. The molecule has 0 fully saturated rings. The lowest BCUT2D eigenvalue weighted by atomic mass is 10.5. The monoisotopic (exact) mass is 157 g/mol. The maximum absolute atomic E-state index is 11.7. The fourth-order valence-corrected chi connectivity index (χ4v) is 1.74. The third-order valence-corrected chi connectivity index (χ3v) is 2.52. The lowest BCUT2D eigenvalue weighted by Gasteiger charge is -2.07. The second kappa shape index (κ2) is 2.30. The van der Waals surface area contributed by atoms with Gasteiger partial charge in [-0.25, -0.2) is 0 Å². The molecule has 1 rings (SSSR count). The SMILES string of the molecule is FC(F)(F)S1=CCCN1. The van der Waals surface area contributed by atoms with E-state index in [1.54, 1.807) is 0 Å². The van der Waals surface area contributed by atoms with Gasteiger partial charge in [-0.15, -0.1) is 0 Å². The molecular weight excluding hydrogens is 151 g/mol. The number of alkyl halides is 3. The van der Waals surface area contributed by atoms with Gasteiger partial charge in [0, 0.05) is 6.54 Å². The van der Waals surface area contributed by atoms with E-state index >= 15 is 0 Å². The standard InChI is InChI=1S/C4H6F3NS/c5-4(6,7)9-3-1-2-8-9/h3,8H,1-2H2. The Balaban J connectivity index is 2.61. The van der Waals surface area contributed by atoms with E-state index in [1.807, 2.05) is 0 Å². The van der Waals surface area contributed by atoms with Crippen LogP contribution in [0.1, 0.15) is 6.42 Å². The van der Waals surface area contributed by atoms with Gasteiger partial charge >= 0.3 is 5.51 Å². The minimum atomic E-state index is -4.06. The molecular formula is C4H6F3NS. The Morgan fingerprint density at radius 3 is 2.33 bits per heavy atom. The fraction of sp³-hybridized carbons (Fsp3) is 0.750. The van der Waals surface area contributed by atoms with Crippen molar-refractivity contribution in [2.45, 2.75) is 11.9 Å². The van der Waals surface area contributed by atoms with Crippen molar-refractivity contribution < 1.29 is 13.2 Å². The Morgan fingerprint density at radius 2 is 2.11 bits per heavy atom. The van der Waals surface area contributed by atoms with Gasteiger partial charge in [-0.1, -0.05) is 0 Å². The highest BCUT2D eigenvalue weighted by Gasteiger charge is 2.33. The van der Waals surface area contributed by atoms with Gasteiger partial charge in [0.05, 0.1) is 0 Å². The molecule has 0 aromatic rings. The molecule has 9 heavy (non-hydrogen) atoms. The normalized spacial score (nSPS) is 28.1. The molecule has 1 heterocycles. The van der Waals surface area contributed by atoms with Crippen molar-refractivity contribution >= 4 is 16.0 Å². The molecule has 0 aromatic carbocycles. The lowest BCUT2D eigenvalue weighted by Crippen LogP contribution is -2.13. The molecule has 1 atom stereocenters. The Labute approximate surface area is 53.3 Å². The first-order valence-corrected chi connectivity index (χ1v) is 3.76. The summed E-state index contributed by atoms with van der Waals surface area (Å²) in [4.78, 5) is 0. The summed E-state index contributed by atoms with van der Waals surface area (Å²) >= 11 is 0. The van der Waals surface area contributed by atoms with Crippen LogP contribution in [0.3, 0.4) is 0 Å². The summed E-state index contributed by atoms with van der Waals surface area (Å²) in [7, 11) is -1.62. The Morgan fingerprint density at radius 1 is 1.44 bits per heavy atom. The molecule has 0 saturated carbocycles. The number of rotatable bonds is 0. The maximum Gasteiger partial charge on any atom is 0.449 e. The molecule has 0 bridgehead atoms. The van der Waals surface area contributed by atoms with Crippen LogP contribution in [0.25, 0.3) is 0 Å². The molecule has 5 heteroatoms. The van der Waals surface area contributed by atoms with Crippen LogP contribution >= 0.6 is 10.7 Å². The summed E-state index contributed by atoms with van der Waals surface area (Å²) in [5.41, 5.74) is -4.06. The molecule has 0 amide bonds. The van der Waals surface area contributed by atoms with Crippen LogP contribution in [-0.4, -0.2) is 17.4 Å². The van der Waals surface area contributed by atoms with Crippen LogP contribution in [0.4, 0.5) is 13.2 Å². The molecule has 0 aromatic heterocycles. The zero-order chi connectivity index (χ0) is 6.91.